The zero-order valence-corrected chi connectivity index (χ0v) is 21.2. The average molecular weight is 507 g/mol. The van der Waals surface area contributed by atoms with Gasteiger partial charge in [-0.25, -0.2) is 9.97 Å². The summed E-state index contributed by atoms with van der Waals surface area (Å²) in [4.78, 5) is 36.6. The van der Waals surface area contributed by atoms with Crippen LogP contribution >= 0.6 is 22.7 Å². The fourth-order valence-electron chi connectivity index (χ4n) is 4.13. The third kappa shape index (κ3) is 5.36. The van der Waals surface area contributed by atoms with Crippen LogP contribution in [0.5, 0.6) is 5.75 Å². The van der Waals surface area contributed by atoms with Gasteiger partial charge >= 0.3 is 0 Å². The Kier molecular flexibility index (Phi) is 6.79. The Bertz CT molecular complexity index is 1310. The van der Waals surface area contributed by atoms with Gasteiger partial charge in [-0.1, -0.05) is 23.5 Å². The van der Waals surface area contributed by atoms with Crippen molar-refractivity contribution in [2.24, 2.45) is 0 Å². The molecule has 4 aromatic rings. The van der Waals surface area contributed by atoms with Gasteiger partial charge in [-0.05, 0) is 63.1 Å². The van der Waals surface area contributed by atoms with Crippen LogP contribution in [0.1, 0.15) is 58.5 Å². The summed E-state index contributed by atoms with van der Waals surface area (Å²) >= 11 is 2.95. The van der Waals surface area contributed by atoms with Gasteiger partial charge in [0.25, 0.3) is 11.8 Å². The van der Waals surface area contributed by atoms with Gasteiger partial charge in [0, 0.05) is 30.0 Å². The molecule has 2 aromatic heterocycles. The zero-order valence-electron chi connectivity index (χ0n) is 19.6. The molecule has 2 amide bonds. The summed E-state index contributed by atoms with van der Waals surface area (Å²) in [6.07, 6.45) is 1.75. The minimum Gasteiger partial charge on any atom is -0.491 e. The zero-order chi connectivity index (χ0) is 24.4. The molecule has 7 nitrogen and oxygen atoms in total. The lowest BCUT2D eigenvalue weighted by Gasteiger charge is -2.31. The standard InChI is InChI=1S/C26H26N4O3S2/c1-16(2)33-19-9-7-18(8-10-19)25(32)30-13-11-17(12-14-30)24-27-21(15-34-24)23(31)29-26-28-20-5-3-4-6-22(20)35-26/h3-10,15-17H,11-14H2,1-2H3,(H,28,29,31). The second kappa shape index (κ2) is 10.1. The second-order valence-electron chi connectivity index (χ2n) is 8.77. The van der Waals surface area contributed by atoms with Crippen LogP contribution in [-0.2, 0) is 0 Å². The number of benzene rings is 2. The molecule has 9 heteroatoms. The first kappa shape index (κ1) is 23.4. The number of para-hydroxylation sites is 1. The molecule has 35 heavy (non-hydrogen) atoms. The number of anilines is 1. The first-order valence-electron chi connectivity index (χ1n) is 11.6. The van der Waals surface area contributed by atoms with Crippen molar-refractivity contribution in [1.82, 2.24) is 14.9 Å². The molecule has 1 N–H and O–H groups in total. The van der Waals surface area contributed by atoms with Crippen LogP contribution < -0.4 is 10.1 Å². The van der Waals surface area contributed by atoms with Crippen LogP contribution in [0.15, 0.2) is 53.9 Å². The number of fused-ring (bicyclic) bond motifs is 1. The van der Waals surface area contributed by atoms with Gasteiger partial charge in [-0.15, -0.1) is 11.3 Å². The topological polar surface area (TPSA) is 84.4 Å². The highest BCUT2D eigenvalue weighted by Crippen LogP contribution is 2.32. The fraction of sp³-hybridized carbons (Fsp3) is 0.308. The second-order valence-corrected chi connectivity index (χ2v) is 10.7. The smallest absolute Gasteiger partial charge is 0.276 e. The predicted molar refractivity (Wildman–Crippen MR) is 140 cm³/mol. The maximum Gasteiger partial charge on any atom is 0.276 e. The molecule has 0 unspecified atom stereocenters. The summed E-state index contributed by atoms with van der Waals surface area (Å²) in [6.45, 7) is 5.29. The third-order valence-corrected chi connectivity index (χ3v) is 7.83. The molecule has 0 atom stereocenters. The van der Waals surface area contributed by atoms with E-state index in [4.69, 9.17) is 4.74 Å². The van der Waals surface area contributed by atoms with Gasteiger partial charge in [0.05, 0.1) is 21.3 Å². The number of rotatable bonds is 6. The van der Waals surface area contributed by atoms with E-state index in [-0.39, 0.29) is 23.8 Å². The summed E-state index contributed by atoms with van der Waals surface area (Å²) in [5, 5.41) is 6.19. The van der Waals surface area contributed by atoms with Crippen LogP contribution in [0.2, 0.25) is 0 Å². The number of hydrogen-bond acceptors (Lipinski definition) is 7. The number of aromatic nitrogens is 2. The van der Waals surface area contributed by atoms with Gasteiger partial charge in [-0.2, -0.15) is 0 Å². The van der Waals surface area contributed by atoms with Crippen LogP contribution in [-0.4, -0.2) is 45.9 Å². The first-order chi connectivity index (χ1) is 17.0. The van der Waals surface area contributed by atoms with E-state index in [9.17, 15) is 9.59 Å². The van der Waals surface area contributed by atoms with E-state index in [1.165, 1.54) is 22.7 Å². The van der Waals surface area contributed by atoms with Crippen molar-refractivity contribution < 1.29 is 14.3 Å². The summed E-state index contributed by atoms with van der Waals surface area (Å²) in [7, 11) is 0. The number of amides is 2. The van der Waals surface area contributed by atoms with Gasteiger partial charge in [-0.3, -0.25) is 14.9 Å². The minimum absolute atomic E-state index is 0.0367. The van der Waals surface area contributed by atoms with Crippen LogP contribution in [0.25, 0.3) is 10.2 Å². The number of ether oxygens (including phenoxy) is 1. The van der Waals surface area contributed by atoms with Gasteiger partial charge in [0.15, 0.2) is 5.13 Å². The van der Waals surface area contributed by atoms with Crippen molar-refractivity contribution in [1.29, 1.82) is 0 Å². The van der Waals surface area contributed by atoms with Gasteiger partial charge in [0.1, 0.15) is 11.4 Å². The van der Waals surface area contributed by atoms with E-state index in [1.54, 1.807) is 5.38 Å². The van der Waals surface area contributed by atoms with E-state index < -0.39 is 0 Å². The SMILES string of the molecule is CC(C)Oc1ccc(C(=O)N2CCC(c3nc(C(=O)Nc4nc5ccccc5s4)cs3)CC2)cc1. The van der Waals surface area contributed by atoms with Gasteiger partial charge in [0.2, 0.25) is 0 Å². The monoisotopic (exact) mass is 506 g/mol. The molecule has 3 heterocycles. The lowest BCUT2D eigenvalue weighted by Crippen LogP contribution is -2.37. The number of carbonyl (C=O) groups is 2. The van der Waals surface area contributed by atoms with Crippen molar-refractivity contribution in [3.63, 3.8) is 0 Å². The van der Waals surface area contributed by atoms with E-state index in [1.807, 2.05) is 67.3 Å². The number of nitrogens with zero attached hydrogens (tertiary/aromatic N) is 3. The van der Waals surface area contributed by atoms with E-state index >= 15 is 0 Å². The number of likely N-dealkylation sites (tertiary alicyclic amines) is 1. The Hall–Kier alpha value is -3.30. The Labute approximate surface area is 211 Å². The number of nitrogens with one attached hydrogen (secondary N) is 1. The van der Waals surface area contributed by atoms with E-state index in [2.05, 4.69) is 15.3 Å². The number of carbonyl (C=O) groups excluding carboxylic acids is 2. The molecular formula is C26H26N4O3S2. The molecule has 0 radical (unpaired) electrons. The molecule has 1 aliphatic heterocycles. The van der Waals surface area contributed by atoms with Crippen molar-refractivity contribution in [3.05, 3.63) is 70.2 Å². The molecular weight excluding hydrogens is 480 g/mol. The van der Waals surface area contributed by atoms with Crippen LogP contribution in [0.4, 0.5) is 5.13 Å². The normalized spacial score (nSPS) is 14.4. The lowest BCUT2D eigenvalue weighted by molar-refractivity contribution is 0.0713. The maximum absolute atomic E-state index is 12.9. The van der Waals surface area contributed by atoms with E-state index in [0.29, 0.717) is 29.5 Å². The minimum atomic E-state index is -0.246. The van der Waals surface area contributed by atoms with Crippen molar-refractivity contribution >= 4 is 49.8 Å². The van der Waals surface area contributed by atoms with E-state index in [0.717, 1.165) is 33.8 Å². The predicted octanol–water partition coefficient (Wildman–Crippen LogP) is 5.81. The maximum atomic E-state index is 12.9. The van der Waals surface area contributed by atoms with Crippen molar-refractivity contribution in [2.75, 3.05) is 18.4 Å². The lowest BCUT2D eigenvalue weighted by atomic mass is 9.97. The Morgan fingerprint density at radius 1 is 1.06 bits per heavy atom. The van der Waals surface area contributed by atoms with Crippen LogP contribution in [0, 0.1) is 0 Å². The molecule has 0 aliphatic carbocycles. The first-order valence-corrected chi connectivity index (χ1v) is 13.3. The molecule has 1 fully saturated rings. The molecule has 0 spiro atoms. The third-order valence-electron chi connectivity index (χ3n) is 5.87. The number of piperidine rings is 1. The Balaban J connectivity index is 1.16. The average Bonchev–Trinajstić information content (AvgIpc) is 3.51. The summed E-state index contributed by atoms with van der Waals surface area (Å²) < 4.78 is 6.69. The van der Waals surface area contributed by atoms with Crippen molar-refractivity contribution in [3.8, 4) is 5.75 Å². The summed E-state index contributed by atoms with van der Waals surface area (Å²) in [5.74, 6) is 0.801. The Morgan fingerprint density at radius 2 is 1.80 bits per heavy atom. The fourth-order valence-corrected chi connectivity index (χ4v) is 5.96. The molecule has 2 aromatic carbocycles. The molecule has 1 aliphatic rings. The molecule has 1 saturated heterocycles. The van der Waals surface area contributed by atoms with Crippen molar-refractivity contribution in [2.45, 2.75) is 38.7 Å². The molecule has 0 saturated carbocycles. The highest BCUT2D eigenvalue weighted by Gasteiger charge is 2.27. The number of hydrogen-bond donors (Lipinski definition) is 1. The quantitative estimate of drug-likeness (QED) is 0.357. The summed E-state index contributed by atoms with van der Waals surface area (Å²) in [5.41, 5.74) is 1.95. The highest BCUT2D eigenvalue weighted by atomic mass is 32.1. The number of thiazole rings is 2. The highest BCUT2D eigenvalue weighted by molar-refractivity contribution is 7.22. The summed E-state index contributed by atoms with van der Waals surface area (Å²) in [6, 6.07) is 15.1. The van der Waals surface area contributed by atoms with Gasteiger partial charge < -0.3 is 9.64 Å². The molecule has 180 valence electrons. The molecule has 5 rings (SSSR count). The largest absolute Gasteiger partial charge is 0.491 e. The Morgan fingerprint density at radius 3 is 2.51 bits per heavy atom. The van der Waals surface area contributed by atoms with Crippen LogP contribution in [0.3, 0.4) is 0 Å². The molecule has 0 bridgehead atoms.